The maximum atomic E-state index is 6.69. The number of aromatic nitrogens is 3. The fraction of sp³-hybridized carbons (Fsp3) is 0.909. The third kappa shape index (κ3) is 7.92. The van der Waals surface area contributed by atoms with Gasteiger partial charge >= 0.3 is 0 Å². The van der Waals surface area contributed by atoms with Gasteiger partial charge in [-0.2, -0.15) is 25.1 Å². The highest BCUT2D eigenvalue weighted by molar-refractivity contribution is 5.41. The molecule has 2 saturated heterocycles. The van der Waals surface area contributed by atoms with Gasteiger partial charge in [-0.3, -0.25) is 9.68 Å². The molecule has 244 valence electrons. The van der Waals surface area contributed by atoms with Gasteiger partial charge in [0.05, 0.1) is 12.2 Å². The third-order valence-electron chi connectivity index (χ3n) is 10.1. The Hall–Kier alpha value is -1.75. The molecule has 0 spiro atoms. The summed E-state index contributed by atoms with van der Waals surface area (Å²) in [6, 6.07) is 0.368. The molecule has 4 N–H and O–H groups in total. The highest BCUT2D eigenvalue weighted by atomic mass is 16.7. The van der Waals surface area contributed by atoms with Gasteiger partial charge in [0.1, 0.15) is 0 Å². The number of anilines is 3. The van der Waals surface area contributed by atoms with Crippen molar-refractivity contribution in [2.45, 2.75) is 192 Å². The van der Waals surface area contributed by atoms with Crippen LogP contribution in [0.3, 0.4) is 0 Å². The molecule has 10 heteroatoms. The maximum Gasteiger partial charge on any atom is 0.229 e. The summed E-state index contributed by atoms with van der Waals surface area (Å²) in [5, 5.41) is 11.8. The molecule has 2 aliphatic carbocycles. The first-order chi connectivity index (χ1) is 20.1. The van der Waals surface area contributed by atoms with E-state index < -0.39 is 0 Å². The van der Waals surface area contributed by atoms with Gasteiger partial charge in [-0.15, -0.1) is 0 Å². The van der Waals surface area contributed by atoms with Gasteiger partial charge in [0.25, 0.3) is 0 Å². The number of nitrogen functional groups attached to an aromatic ring is 1. The van der Waals surface area contributed by atoms with Crippen LogP contribution in [0, 0.1) is 0 Å². The molecule has 5 rings (SSSR count). The lowest BCUT2D eigenvalue weighted by Crippen LogP contribution is -2.63. The van der Waals surface area contributed by atoms with Crippen LogP contribution in [0.5, 0.6) is 0 Å². The molecule has 43 heavy (non-hydrogen) atoms. The predicted octanol–water partition coefficient (Wildman–Crippen LogP) is 6.85. The lowest BCUT2D eigenvalue weighted by atomic mass is 9.79. The van der Waals surface area contributed by atoms with E-state index in [1.165, 1.54) is 38.5 Å². The molecule has 2 saturated carbocycles. The third-order valence-corrected chi connectivity index (χ3v) is 10.1. The number of piperidine rings is 2. The van der Waals surface area contributed by atoms with Crippen molar-refractivity contribution in [2.75, 3.05) is 16.4 Å². The zero-order chi connectivity index (χ0) is 31.0. The van der Waals surface area contributed by atoms with Crippen molar-refractivity contribution in [1.82, 2.24) is 25.1 Å². The van der Waals surface area contributed by atoms with E-state index in [0.29, 0.717) is 24.1 Å². The highest BCUT2D eigenvalue weighted by Crippen LogP contribution is 2.43. The molecule has 10 nitrogen and oxygen atoms in total. The van der Waals surface area contributed by atoms with Crippen LogP contribution in [0.25, 0.3) is 0 Å². The van der Waals surface area contributed by atoms with Crippen LogP contribution in [-0.4, -0.2) is 71.5 Å². The summed E-state index contributed by atoms with van der Waals surface area (Å²) in [4.78, 5) is 27.2. The normalized spacial score (nSPS) is 27.6. The second-order valence-corrected chi connectivity index (χ2v) is 16.4. The summed E-state index contributed by atoms with van der Waals surface area (Å²) < 4.78 is 0. The molecule has 3 heterocycles. The summed E-state index contributed by atoms with van der Waals surface area (Å²) in [7, 11) is 0. The van der Waals surface area contributed by atoms with Gasteiger partial charge < -0.3 is 16.4 Å². The highest BCUT2D eigenvalue weighted by Gasteiger charge is 2.49. The first-order valence-electron chi connectivity index (χ1n) is 17.1. The Balaban J connectivity index is 1.23. The molecular formula is C33H60N8O2. The molecule has 0 aromatic carbocycles. The molecule has 1 aromatic heterocycles. The zero-order valence-corrected chi connectivity index (χ0v) is 28.3. The van der Waals surface area contributed by atoms with Gasteiger partial charge in [-0.25, -0.2) is 0 Å². The Morgan fingerprint density at radius 1 is 0.558 bits per heavy atom. The van der Waals surface area contributed by atoms with Crippen molar-refractivity contribution >= 4 is 17.8 Å². The van der Waals surface area contributed by atoms with E-state index in [0.717, 1.165) is 51.4 Å². The van der Waals surface area contributed by atoms with Crippen molar-refractivity contribution in [2.24, 2.45) is 0 Å². The van der Waals surface area contributed by atoms with Crippen LogP contribution in [-0.2, 0) is 9.68 Å². The van der Waals surface area contributed by atoms with Crippen molar-refractivity contribution in [3.05, 3.63) is 0 Å². The number of nitrogens with one attached hydrogen (secondary N) is 2. The lowest BCUT2D eigenvalue weighted by molar-refractivity contribution is -0.309. The molecule has 0 bridgehead atoms. The van der Waals surface area contributed by atoms with Gasteiger partial charge in [0.2, 0.25) is 17.8 Å². The van der Waals surface area contributed by atoms with Crippen LogP contribution in [0.2, 0.25) is 0 Å². The monoisotopic (exact) mass is 600 g/mol. The smallest absolute Gasteiger partial charge is 0.229 e. The van der Waals surface area contributed by atoms with Crippen molar-refractivity contribution < 1.29 is 9.68 Å². The van der Waals surface area contributed by atoms with Crippen LogP contribution >= 0.6 is 0 Å². The average molecular weight is 601 g/mol. The molecule has 0 atom stereocenters. The van der Waals surface area contributed by atoms with Crippen LogP contribution in [0.15, 0.2) is 0 Å². The Morgan fingerprint density at radius 2 is 0.884 bits per heavy atom. The maximum absolute atomic E-state index is 6.69. The summed E-state index contributed by atoms with van der Waals surface area (Å²) >= 11 is 0. The predicted molar refractivity (Wildman–Crippen MR) is 173 cm³/mol. The van der Waals surface area contributed by atoms with Gasteiger partial charge in [0.15, 0.2) is 0 Å². The number of rotatable bonds is 8. The minimum absolute atomic E-state index is 0.138. The molecule has 0 unspecified atom stereocenters. The molecular weight excluding hydrogens is 540 g/mol. The van der Waals surface area contributed by atoms with Gasteiger partial charge in [-0.1, -0.05) is 38.5 Å². The Kier molecular flexibility index (Phi) is 9.54. The molecule has 0 amide bonds. The van der Waals surface area contributed by atoms with Gasteiger partial charge in [0, 0.05) is 34.2 Å². The molecule has 1 aromatic rings. The number of hydrogen-bond donors (Lipinski definition) is 3. The van der Waals surface area contributed by atoms with E-state index in [1.807, 2.05) is 0 Å². The Morgan fingerprint density at radius 3 is 1.21 bits per heavy atom. The lowest BCUT2D eigenvalue weighted by Gasteiger charge is -2.55. The first kappa shape index (κ1) is 32.6. The standard InChI is InChI=1S/C33H60N8O2/c1-30(2)19-23(20-31(3,4)40(30)42-25-15-11-9-12-16-25)35-28-37-27(34)38-29(39-28)36-24-21-32(5,6)41(33(7,8)22-24)43-26-17-13-10-14-18-26/h23-26H,9-22H2,1-8H3,(H4,34,35,36,37,38,39). The zero-order valence-electron chi connectivity index (χ0n) is 28.3. The summed E-state index contributed by atoms with van der Waals surface area (Å²) in [5.41, 5.74) is 5.69. The molecule has 4 fully saturated rings. The van der Waals surface area contributed by atoms with E-state index in [9.17, 15) is 0 Å². The minimum Gasteiger partial charge on any atom is -0.368 e. The summed E-state index contributed by atoms with van der Waals surface area (Å²) in [5.74, 6) is 1.29. The average Bonchev–Trinajstić information content (AvgIpc) is 2.88. The van der Waals surface area contributed by atoms with E-state index in [-0.39, 0.29) is 40.2 Å². The number of nitrogens with zero attached hydrogens (tertiary/aromatic N) is 5. The van der Waals surface area contributed by atoms with Crippen LogP contribution in [0.1, 0.15) is 145 Å². The SMILES string of the molecule is CC1(C)CC(Nc2nc(N)nc(NC3CC(C)(C)N(OC4CCCCC4)C(C)(C)C3)n2)CC(C)(C)N1OC1CCCCC1. The largest absolute Gasteiger partial charge is 0.368 e. The summed E-state index contributed by atoms with van der Waals surface area (Å²) in [6.07, 6.45) is 16.7. The molecule has 0 radical (unpaired) electrons. The second-order valence-electron chi connectivity index (χ2n) is 16.4. The topological polar surface area (TPSA) is 114 Å². The quantitative estimate of drug-likeness (QED) is 0.293. The van der Waals surface area contributed by atoms with E-state index in [2.05, 4.69) is 86.1 Å². The van der Waals surface area contributed by atoms with E-state index >= 15 is 0 Å². The van der Waals surface area contributed by atoms with Crippen molar-refractivity contribution in [3.63, 3.8) is 0 Å². The van der Waals surface area contributed by atoms with Crippen LogP contribution < -0.4 is 16.4 Å². The van der Waals surface area contributed by atoms with Gasteiger partial charge in [-0.05, 0) is 107 Å². The van der Waals surface area contributed by atoms with E-state index in [1.54, 1.807) is 0 Å². The van der Waals surface area contributed by atoms with E-state index in [4.69, 9.17) is 20.4 Å². The first-order valence-corrected chi connectivity index (χ1v) is 17.1. The summed E-state index contributed by atoms with van der Waals surface area (Å²) in [6.45, 7) is 18.3. The van der Waals surface area contributed by atoms with Crippen molar-refractivity contribution in [3.8, 4) is 0 Å². The van der Waals surface area contributed by atoms with Crippen molar-refractivity contribution in [1.29, 1.82) is 0 Å². The Bertz CT molecular complexity index is 964. The fourth-order valence-corrected chi connectivity index (χ4v) is 8.83. The Labute approximate surface area is 260 Å². The van der Waals surface area contributed by atoms with Crippen LogP contribution in [0.4, 0.5) is 17.8 Å². The fourth-order valence-electron chi connectivity index (χ4n) is 8.83. The molecule has 4 aliphatic rings. The second kappa shape index (κ2) is 12.6. The molecule has 2 aliphatic heterocycles. The minimum atomic E-state index is -0.138. The number of hydroxylamine groups is 4. The number of hydrogen-bond acceptors (Lipinski definition) is 10. The number of nitrogens with two attached hydrogens (primary N) is 1.